The number of benzene rings is 1. The molecule has 0 heterocycles. The molecule has 1 aromatic rings. The molecule has 0 spiro atoms. The highest BCUT2D eigenvalue weighted by atomic mass is 79.9. The standard InChI is InChI=1S/C15H22BrNO/c1-11-5-6-15(8-11,10-17)9-12-7-13(16)3-4-14(12)18-2/h3-4,7,11H,5-6,8-10,17H2,1-2H3. The van der Waals surface area contributed by atoms with Gasteiger partial charge in [-0.3, -0.25) is 0 Å². The van der Waals surface area contributed by atoms with E-state index in [0.29, 0.717) is 0 Å². The van der Waals surface area contributed by atoms with Gasteiger partial charge in [-0.05, 0) is 60.9 Å². The smallest absolute Gasteiger partial charge is 0.122 e. The van der Waals surface area contributed by atoms with E-state index in [1.807, 2.05) is 12.1 Å². The van der Waals surface area contributed by atoms with Gasteiger partial charge in [0.05, 0.1) is 7.11 Å². The van der Waals surface area contributed by atoms with Crippen LogP contribution in [0.4, 0.5) is 0 Å². The highest BCUT2D eigenvalue weighted by Gasteiger charge is 2.36. The van der Waals surface area contributed by atoms with Crippen LogP contribution in [0.3, 0.4) is 0 Å². The number of nitrogens with two attached hydrogens (primary N) is 1. The van der Waals surface area contributed by atoms with Crippen LogP contribution in [0, 0.1) is 11.3 Å². The summed E-state index contributed by atoms with van der Waals surface area (Å²) in [5, 5.41) is 0. The Bertz CT molecular complexity index is 421. The van der Waals surface area contributed by atoms with Crippen molar-refractivity contribution < 1.29 is 4.74 Å². The molecule has 0 radical (unpaired) electrons. The van der Waals surface area contributed by atoms with Crippen molar-refractivity contribution in [1.82, 2.24) is 0 Å². The Kier molecular flexibility index (Phi) is 4.33. The summed E-state index contributed by atoms with van der Waals surface area (Å²) in [6.07, 6.45) is 4.80. The maximum Gasteiger partial charge on any atom is 0.122 e. The minimum Gasteiger partial charge on any atom is -0.496 e. The second-order valence-corrected chi connectivity index (χ2v) is 6.60. The van der Waals surface area contributed by atoms with E-state index in [9.17, 15) is 0 Å². The lowest BCUT2D eigenvalue weighted by atomic mass is 9.79. The first-order chi connectivity index (χ1) is 8.58. The summed E-state index contributed by atoms with van der Waals surface area (Å²) in [6, 6.07) is 6.22. The zero-order chi connectivity index (χ0) is 13.2. The molecule has 0 amide bonds. The van der Waals surface area contributed by atoms with E-state index in [1.54, 1.807) is 7.11 Å². The molecule has 2 N–H and O–H groups in total. The maximum absolute atomic E-state index is 6.06. The predicted octanol–water partition coefficient (Wildman–Crippen LogP) is 3.77. The average molecular weight is 312 g/mol. The summed E-state index contributed by atoms with van der Waals surface area (Å²) in [4.78, 5) is 0. The van der Waals surface area contributed by atoms with Crippen molar-refractivity contribution in [2.24, 2.45) is 17.1 Å². The third-order valence-electron chi connectivity index (χ3n) is 4.19. The van der Waals surface area contributed by atoms with Gasteiger partial charge in [-0.15, -0.1) is 0 Å². The van der Waals surface area contributed by atoms with Gasteiger partial charge in [0.1, 0.15) is 5.75 Å². The molecule has 1 aliphatic carbocycles. The monoisotopic (exact) mass is 311 g/mol. The molecule has 3 heteroatoms. The first kappa shape index (κ1) is 13.9. The van der Waals surface area contributed by atoms with Crippen LogP contribution in [-0.2, 0) is 6.42 Å². The van der Waals surface area contributed by atoms with E-state index in [4.69, 9.17) is 10.5 Å². The molecular weight excluding hydrogens is 290 g/mol. The fraction of sp³-hybridized carbons (Fsp3) is 0.600. The quantitative estimate of drug-likeness (QED) is 0.918. The van der Waals surface area contributed by atoms with E-state index in [-0.39, 0.29) is 5.41 Å². The van der Waals surface area contributed by atoms with Crippen molar-refractivity contribution in [2.45, 2.75) is 32.6 Å². The molecule has 0 bridgehead atoms. The van der Waals surface area contributed by atoms with Crippen molar-refractivity contribution in [3.8, 4) is 5.75 Å². The van der Waals surface area contributed by atoms with Crippen molar-refractivity contribution >= 4 is 15.9 Å². The van der Waals surface area contributed by atoms with Gasteiger partial charge in [0.2, 0.25) is 0 Å². The molecule has 18 heavy (non-hydrogen) atoms. The van der Waals surface area contributed by atoms with Crippen LogP contribution >= 0.6 is 15.9 Å². The lowest BCUT2D eigenvalue weighted by Gasteiger charge is -2.28. The zero-order valence-electron chi connectivity index (χ0n) is 11.2. The molecule has 0 saturated heterocycles. The van der Waals surface area contributed by atoms with Gasteiger partial charge in [0.25, 0.3) is 0 Å². The van der Waals surface area contributed by atoms with Crippen LogP contribution in [0.2, 0.25) is 0 Å². The molecule has 0 aromatic heterocycles. The minimum absolute atomic E-state index is 0.271. The summed E-state index contributed by atoms with van der Waals surface area (Å²) >= 11 is 3.54. The number of halogens is 1. The Labute approximate surface area is 118 Å². The first-order valence-corrected chi connectivity index (χ1v) is 7.40. The topological polar surface area (TPSA) is 35.2 Å². The van der Waals surface area contributed by atoms with Crippen molar-refractivity contribution in [1.29, 1.82) is 0 Å². The molecule has 2 nitrogen and oxygen atoms in total. The molecule has 2 unspecified atom stereocenters. The highest BCUT2D eigenvalue weighted by molar-refractivity contribution is 9.10. The largest absolute Gasteiger partial charge is 0.496 e. The first-order valence-electron chi connectivity index (χ1n) is 6.61. The van der Waals surface area contributed by atoms with Gasteiger partial charge in [-0.1, -0.05) is 29.3 Å². The van der Waals surface area contributed by atoms with Crippen LogP contribution in [0.25, 0.3) is 0 Å². The molecular formula is C15H22BrNO. The Morgan fingerprint density at radius 3 is 2.83 bits per heavy atom. The zero-order valence-corrected chi connectivity index (χ0v) is 12.8. The predicted molar refractivity (Wildman–Crippen MR) is 78.9 cm³/mol. The number of hydrogen-bond acceptors (Lipinski definition) is 2. The Hall–Kier alpha value is -0.540. The van der Waals surface area contributed by atoms with Crippen LogP contribution in [-0.4, -0.2) is 13.7 Å². The third-order valence-corrected chi connectivity index (χ3v) is 4.68. The Morgan fingerprint density at radius 1 is 1.50 bits per heavy atom. The molecule has 2 rings (SSSR count). The van der Waals surface area contributed by atoms with Gasteiger partial charge in [-0.25, -0.2) is 0 Å². The van der Waals surface area contributed by atoms with Gasteiger partial charge >= 0.3 is 0 Å². The molecule has 0 aliphatic heterocycles. The lowest BCUT2D eigenvalue weighted by molar-refractivity contribution is 0.290. The second kappa shape index (κ2) is 5.62. The normalized spacial score (nSPS) is 27.4. The molecule has 1 aliphatic rings. The third kappa shape index (κ3) is 2.89. The van der Waals surface area contributed by atoms with Crippen molar-refractivity contribution in [2.75, 3.05) is 13.7 Å². The van der Waals surface area contributed by atoms with Gasteiger partial charge in [0, 0.05) is 4.47 Å². The summed E-state index contributed by atoms with van der Waals surface area (Å²) in [5.41, 5.74) is 7.60. The van der Waals surface area contributed by atoms with Crippen LogP contribution < -0.4 is 10.5 Å². The van der Waals surface area contributed by atoms with Crippen molar-refractivity contribution in [3.63, 3.8) is 0 Å². The molecule has 1 saturated carbocycles. The maximum atomic E-state index is 6.06. The van der Waals surface area contributed by atoms with E-state index in [2.05, 4.69) is 28.9 Å². The molecule has 1 aromatic carbocycles. The van der Waals surface area contributed by atoms with Crippen molar-refractivity contribution in [3.05, 3.63) is 28.2 Å². The van der Waals surface area contributed by atoms with Crippen LogP contribution in [0.5, 0.6) is 5.75 Å². The van der Waals surface area contributed by atoms with Gasteiger partial charge < -0.3 is 10.5 Å². The Morgan fingerprint density at radius 2 is 2.28 bits per heavy atom. The average Bonchev–Trinajstić information content (AvgIpc) is 2.72. The highest BCUT2D eigenvalue weighted by Crippen LogP contribution is 2.44. The van der Waals surface area contributed by atoms with E-state index in [0.717, 1.165) is 29.1 Å². The second-order valence-electron chi connectivity index (χ2n) is 5.69. The Balaban J connectivity index is 2.24. The fourth-order valence-electron chi connectivity index (χ4n) is 3.20. The van der Waals surface area contributed by atoms with E-state index >= 15 is 0 Å². The lowest BCUT2D eigenvalue weighted by Crippen LogP contribution is -2.30. The van der Waals surface area contributed by atoms with Crippen LogP contribution in [0.1, 0.15) is 31.7 Å². The molecule has 100 valence electrons. The number of methoxy groups -OCH3 is 1. The summed E-state index contributed by atoms with van der Waals surface area (Å²) in [5.74, 6) is 1.78. The number of ether oxygens (including phenoxy) is 1. The van der Waals surface area contributed by atoms with E-state index in [1.165, 1.54) is 24.8 Å². The SMILES string of the molecule is COc1ccc(Br)cc1CC1(CN)CCC(C)C1. The molecule has 1 fully saturated rings. The van der Waals surface area contributed by atoms with E-state index < -0.39 is 0 Å². The molecule has 2 atom stereocenters. The van der Waals surface area contributed by atoms with Gasteiger partial charge in [0.15, 0.2) is 0 Å². The summed E-state index contributed by atoms with van der Waals surface area (Å²) < 4.78 is 6.57. The fourth-order valence-corrected chi connectivity index (χ4v) is 3.61. The summed E-state index contributed by atoms with van der Waals surface area (Å²) in [6.45, 7) is 3.10. The summed E-state index contributed by atoms with van der Waals surface area (Å²) in [7, 11) is 1.74. The minimum atomic E-state index is 0.271. The number of rotatable bonds is 4. The number of hydrogen-bond donors (Lipinski definition) is 1. The van der Waals surface area contributed by atoms with Crippen LogP contribution in [0.15, 0.2) is 22.7 Å². The van der Waals surface area contributed by atoms with Gasteiger partial charge in [-0.2, -0.15) is 0 Å².